The molecule has 0 aliphatic carbocycles. The summed E-state index contributed by atoms with van der Waals surface area (Å²) >= 11 is 0. The first-order valence-electron chi connectivity index (χ1n) is 7.36. The second kappa shape index (κ2) is 5.38. The van der Waals surface area contributed by atoms with Crippen molar-refractivity contribution in [1.29, 1.82) is 0 Å². The van der Waals surface area contributed by atoms with Crippen molar-refractivity contribution in [3.8, 4) is 0 Å². The number of benzene rings is 2. The molecule has 2 aliphatic heterocycles. The molecule has 2 aliphatic rings. The third-order valence-corrected chi connectivity index (χ3v) is 3.93. The number of anilines is 2. The molecule has 0 bridgehead atoms. The number of amides is 4. The van der Waals surface area contributed by atoms with Crippen molar-refractivity contribution in [1.82, 2.24) is 10.6 Å². The minimum atomic E-state index is -0.451. The zero-order valence-corrected chi connectivity index (χ0v) is 12.4. The molecule has 2 aromatic rings. The van der Waals surface area contributed by atoms with Crippen LogP contribution < -0.4 is 21.3 Å². The van der Waals surface area contributed by atoms with Crippen molar-refractivity contribution >= 4 is 29.1 Å². The highest BCUT2D eigenvalue weighted by molar-refractivity contribution is 6.03. The smallest absolute Gasteiger partial charge is 0.323 e. The van der Waals surface area contributed by atoms with E-state index in [9.17, 15) is 14.0 Å². The van der Waals surface area contributed by atoms with Gasteiger partial charge in [0.25, 0.3) is 0 Å². The molecule has 0 fully saturated rings. The Hall–Kier alpha value is -3.35. The third-order valence-electron chi connectivity index (χ3n) is 3.93. The molecule has 0 radical (unpaired) electrons. The van der Waals surface area contributed by atoms with Crippen molar-refractivity contribution in [3.63, 3.8) is 0 Å². The fraction of sp³-hybridized carbons (Fsp3) is 0.0588. The van der Waals surface area contributed by atoms with Crippen molar-refractivity contribution in [2.24, 2.45) is 0 Å². The Morgan fingerprint density at radius 3 is 2.58 bits per heavy atom. The van der Waals surface area contributed by atoms with Crippen LogP contribution in [0.15, 0.2) is 48.5 Å². The van der Waals surface area contributed by atoms with Crippen molar-refractivity contribution in [3.05, 3.63) is 65.5 Å². The molecule has 120 valence electrons. The molecule has 4 N–H and O–H groups in total. The summed E-state index contributed by atoms with van der Waals surface area (Å²) in [5.41, 5.74) is 3.14. The number of urea groups is 2. The Bertz CT molecular complexity index is 894. The lowest BCUT2D eigenvalue weighted by atomic mass is 9.98. The fourth-order valence-corrected chi connectivity index (χ4v) is 2.89. The van der Waals surface area contributed by atoms with Crippen molar-refractivity contribution in [2.75, 3.05) is 10.6 Å². The molecule has 2 aromatic carbocycles. The second-order valence-corrected chi connectivity index (χ2v) is 5.51. The van der Waals surface area contributed by atoms with Gasteiger partial charge in [-0.1, -0.05) is 18.2 Å². The Balaban J connectivity index is 1.79. The summed E-state index contributed by atoms with van der Waals surface area (Å²) in [6.07, 6.45) is 1.74. The monoisotopic (exact) mass is 324 g/mol. The van der Waals surface area contributed by atoms with E-state index in [-0.39, 0.29) is 6.03 Å². The number of hydrogen-bond donors (Lipinski definition) is 4. The van der Waals surface area contributed by atoms with E-state index in [4.69, 9.17) is 0 Å². The topological polar surface area (TPSA) is 82.3 Å². The Kier molecular flexibility index (Phi) is 3.19. The maximum atomic E-state index is 13.4. The van der Waals surface area contributed by atoms with Crippen LogP contribution in [0.2, 0.25) is 0 Å². The van der Waals surface area contributed by atoms with E-state index in [1.54, 1.807) is 12.1 Å². The van der Waals surface area contributed by atoms with E-state index in [0.717, 1.165) is 5.56 Å². The average Bonchev–Trinajstić information content (AvgIpc) is 2.54. The first-order valence-corrected chi connectivity index (χ1v) is 7.36. The van der Waals surface area contributed by atoms with E-state index < -0.39 is 17.9 Å². The minimum Gasteiger partial charge on any atom is -0.327 e. The van der Waals surface area contributed by atoms with Crippen molar-refractivity contribution in [2.45, 2.75) is 6.04 Å². The third kappa shape index (κ3) is 2.45. The quantitative estimate of drug-likeness (QED) is 0.650. The molecule has 0 saturated carbocycles. The van der Waals surface area contributed by atoms with Crippen LogP contribution >= 0.6 is 0 Å². The molecule has 0 aromatic heterocycles. The maximum Gasteiger partial charge on any atom is 0.323 e. The summed E-state index contributed by atoms with van der Waals surface area (Å²) in [4.78, 5) is 23.6. The van der Waals surface area contributed by atoms with Gasteiger partial charge in [-0.3, -0.25) is 0 Å². The van der Waals surface area contributed by atoms with Gasteiger partial charge in [0.2, 0.25) is 0 Å². The van der Waals surface area contributed by atoms with E-state index >= 15 is 0 Å². The summed E-state index contributed by atoms with van der Waals surface area (Å²) in [7, 11) is 0. The normalized spacial score (nSPS) is 20.2. The Morgan fingerprint density at radius 2 is 1.71 bits per heavy atom. The molecule has 24 heavy (non-hydrogen) atoms. The molecule has 4 amide bonds. The molecular formula is C17H13FN4O2. The highest BCUT2D eigenvalue weighted by Crippen LogP contribution is 2.32. The van der Waals surface area contributed by atoms with Gasteiger partial charge in [0.1, 0.15) is 5.82 Å². The molecule has 6 nitrogen and oxygen atoms in total. The van der Waals surface area contributed by atoms with Gasteiger partial charge in [0.15, 0.2) is 0 Å². The SMILES string of the molecule is O=C1N/C(=C\C2NC(=O)Nc3ccccc32)c2ccc(F)cc2N1. The summed E-state index contributed by atoms with van der Waals surface area (Å²) in [6, 6.07) is 10.4. The summed E-state index contributed by atoms with van der Waals surface area (Å²) < 4.78 is 13.4. The van der Waals surface area contributed by atoms with Gasteiger partial charge in [-0.15, -0.1) is 0 Å². The lowest BCUT2D eigenvalue weighted by Gasteiger charge is -2.27. The summed E-state index contributed by atoms with van der Waals surface area (Å²) in [5.74, 6) is -0.434. The standard InChI is InChI=1S/C17H13FN4O2/c18-9-5-6-11-13(7-9)20-17(24)22-15(11)8-14-10-3-1-2-4-12(10)19-16(23)21-14/h1-8,14H,(H2,19,21,23)(H2,20,22,24)/b15-8-. The number of carbonyl (C=O) groups is 2. The van der Waals surface area contributed by atoms with Crippen LogP contribution in [0.25, 0.3) is 5.70 Å². The number of nitrogens with one attached hydrogen (secondary N) is 4. The van der Waals surface area contributed by atoms with Gasteiger partial charge >= 0.3 is 12.1 Å². The van der Waals surface area contributed by atoms with Crippen LogP contribution in [0.4, 0.5) is 25.4 Å². The molecular weight excluding hydrogens is 311 g/mol. The average molecular weight is 324 g/mol. The summed E-state index contributed by atoms with van der Waals surface area (Å²) in [6.45, 7) is 0. The summed E-state index contributed by atoms with van der Waals surface area (Å²) in [5, 5.41) is 10.8. The van der Waals surface area contributed by atoms with Gasteiger partial charge in [0, 0.05) is 16.8 Å². The van der Waals surface area contributed by atoms with Crippen LogP contribution in [-0.4, -0.2) is 12.1 Å². The molecule has 0 spiro atoms. The largest absolute Gasteiger partial charge is 0.327 e. The van der Waals surface area contributed by atoms with Gasteiger partial charge in [-0.25, -0.2) is 14.0 Å². The van der Waals surface area contributed by atoms with E-state index in [1.807, 2.05) is 24.3 Å². The number of halogens is 1. The highest BCUT2D eigenvalue weighted by Gasteiger charge is 2.25. The van der Waals surface area contributed by atoms with Gasteiger partial charge < -0.3 is 21.3 Å². The second-order valence-electron chi connectivity index (χ2n) is 5.51. The number of carbonyl (C=O) groups excluding carboxylic acids is 2. The van der Waals surface area contributed by atoms with Crippen LogP contribution in [0, 0.1) is 5.82 Å². The fourth-order valence-electron chi connectivity index (χ4n) is 2.89. The lowest BCUT2D eigenvalue weighted by molar-refractivity contribution is 0.249. The van der Waals surface area contributed by atoms with Gasteiger partial charge in [0.05, 0.1) is 17.4 Å². The Labute approximate surface area is 136 Å². The van der Waals surface area contributed by atoms with E-state index in [2.05, 4.69) is 21.3 Å². The van der Waals surface area contributed by atoms with Crippen molar-refractivity contribution < 1.29 is 14.0 Å². The molecule has 1 unspecified atom stereocenters. The molecule has 0 saturated heterocycles. The zero-order chi connectivity index (χ0) is 16.7. The van der Waals surface area contributed by atoms with Gasteiger partial charge in [-0.2, -0.15) is 0 Å². The van der Waals surface area contributed by atoms with Gasteiger partial charge in [-0.05, 0) is 30.3 Å². The highest BCUT2D eigenvalue weighted by atomic mass is 19.1. The first kappa shape index (κ1) is 14.3. The number of rotatable bonds is 1. The molecule has 1 atom stereocenters. The maximum absolute atomic E-state index is 13.4. The minimum absolute atomic E-state index is 0.324. The number of hydrogen-bond acceptors (Lipinski definition) is 2. The number of fused-ring (bicyclic) bond motifs is 2. The Morgan fingerprint density at radius 1 is 0.917 bits per heavy atom. The van der Waals surface area contributed by atoms with Crippen LogP contribution in [0.3, 0.4) is 0 Å². The molecule has 4 rings (SSSR count). The lowest BCUT2D eigenvalue weighted by Crippen LogP contribution is -2.38. The predicted molar refractivity (Wildman–Crippen MR) is 87.9 cm³/mol. The molecule has 2 heterocycles. The van der Waals surface area contributed by atoms with Crippen LogP contribution in [0.5, 0.6) is 0 Å². The predicted octanol–water partition coefficient (Wildman–Crippen LogP) is 3.18. The number of para-hydroxylation sites is 1. The van der Waals surface area contributed by atoms with E-state index in [1.165, 1.54) is 12.1 Å². The zero-order valence-electron chi connectivity index (χ0n) is 12.4. The first-order chi connectivity index (χ1) is 11.6. The van der Waals surface area contributed by atoms with Crippen LogP contribution in [0.1, 0.15) is 17.2 Å². The van der Waals surface area contributed by atoms with E-state index in [0.29, 0.717) is 22.6 Å². The van der Waals surface area contributed by atoms with Crippen LogP contribution in [-0.2, 0) is 0 Å². The molecule has 7 heteroatoms.